The highest BCUT2D eigenvalue weighted by Crippen LogP contribution is 2.52. The van der Waals surface area contributed by atoms with E-state index in [1.54, 1.807) is 5.57 Å². The van der Waals surface area contributed by atoms with Crippen molar-refractivity contribution < 1.29 is 9.53 Å². The highest BCUT2D eigenvalue weighted by Gasteiger charge is 2.38. The Balaban J connectivity index is 1.29. The number of hydrogen-bond acceptors (Lipinski definition) is 3. The third-order valence-electron chi connectivity index (χ3n) is 11.1. The van der Waals surface area contributed by atoms with Crippen LogP contribution in [0.15, 0.2) is 115 Å². The molecule has 3 aliphatic rings. The summed E-state index contributed by atoms with van der Waals surface area (Å²) in [6.45, 7) is 17.1. The fourth-order valence-electron chi connectivity index (χ4n) is 8.82. The molecule has 0 aromatic heterocycles. The number of ether oxygens (including phenoxy) is 1. The Kier molecular flexibility index (Phi) is 7.62. The summed E-state index contributed by atoms with van der Waals surface area (Å²) in [6.07, 6.45) is 6.27. The van der Waals surface area contributed by atoms with Gasteiger partial charge in [-0.1, -0.05) is 137 Å². The molecule has 3 nitrogen and oxygen atoms in total. The van der Waals surface area contributed by atoms with Crippen LogP contribution in [-0.4, -0.2) is 25.0 Å². The molecular weight excluding hydrogens is 599 g/mol. The van der Waals surface area contributed by atoms with Crippen molar-refractivity contribution in [3.8, 4) is 11.1 Å². The first-order valence-corrected chi connectivity index (χ1v) is 17.7. The molecule has 1 fully saturated rings. The summed E-state index contributed by atoms with van der Waals surface area (Å²) >= 11 is 0. The average Bonchev–Trinajstić information content (AvgIpc) is 3.09. The van der Waals surface area contributed by atoms with Gasteiger partial charge in [-0.2, -0.15) is 0 Å². The van der Waals surface area contributed by atoms with E-state index >= 15 is 0 Å². The van der Waals surface area contributed by atoms with Gasteiger partial charge in [-0.05, 0) is 103 Å². The van der Waals surface area contributed by atoms with Gasteiger partial charge in [0.1, 0.15) is 6.10 Å². The Morgan fingerprint density at radius 1 is 0.816 bits per heavy atom. The van der Waals surface area contributed by atoms with Crippen molar-refractivity contribution in [2.45, 2.75) is 65.0 Å². The lowest BCUT2D eigenvalue weighted by atomic mass is 9.64. The van der Waals surface area contributed by atoms with E-state index in [0.717, 1.165) is 40.3 Å². The van der Waals surface area contributed by atoms with Gasteiger partial charge in [0.25, 0.3) is 0 Å². The summed E-state index contributed by atoms with van der Waals surface area (Å²) in [5, 5.41) is 8.57. The highest BCUT2D eigenvalue weighted by atomic mass is 16.5. The Morgan fingerprint density at radius 2 is 1.55 bits per heavy atom. The fraction of sp³-hybridized carbons (Fsp3) is 0.283. The zero-order valence-electron chi connectivity index (χ0n) is 29.3. The molecule has 5 aromatic carbocycles. The molecular formula is C46H45NO2. The topological polar surface area (TPSA) is 38.3 Å². The number of Topliss-reactive ketones (excluding diaryl/α,β-unsaturated/α-hetero) is 1. The van der Waals surface area contributed by atoms with Crippen LogP contribution in [-0.2, 0) is 14.9 Å². The minimum absolute atomic E-state index is 0.0229. The lowest BCUT2D eigenvalue weighted by molar-refractivity contribution is -0.129. The second kappa shape index (κ2) is 11.8. The molecule has 246 valence electrons. The average molecular weight is 644 g/mol. The molecule has 0 radical (unpaired) electrons. The molecule has 2 aliphatic carbocycles. The number of aryl methyl sites for hydroxylation is 1. The number of allylic oxidation sites excluding steroid dienone is 4. The molecule has 8 rings (SSSR count). The maximum absolute atomic E-state index is 14.2. The number of hydrogen-bond donors (Lipinski definition) is 1. The predicted molar refractivity (Wildman–Crippen MR) is 205 cm³/mol. The zero-order valence-corrected chi connectivity index (χ0v) is 29.3. The molecule has 1 aliphatic heterocycles. The second-order valence-corrected chi connectivity index (χ2v) is 15.6. The Morgan fingerprint density at radius 3 is 2.37 bits per heavy atom. The first-order chi connectivity index (χ1) is 23.5. The van der Waals surface area contributed by atoms with E-state index in [4.69, 9.17) is 4.74 Å². The minimum Gasteiger partial charge on any atom is -0.367 e. The van der Waals surface area contributed by atoms with Crippen molar-refractivity contribution in [2.24, 2.45) is 5.41 Å². The SMILES string of the molecule is C=C(C(=O)C1OCCNC1c1c(-c2cc3ccc4c(c3cc2C)C(C)(C)CC2=C4C=CC(C)(C)C2)ccc2ccccc12)c1ccccc1. The van der Waals surface area contributed by atoms with Gasteiger partial charge in [-0.15, -0.1) is 0 Å². The van der Waals surface area contributed by atoms with Crippen molar-refractivity contribution in [3.63, 3.8) is 0 Å². The Labute approximate surface area is 290 Å². The van der Waals surface area contributed by atoms with Crippen LogP contribution in [0, 0.1) is 12.3 Å². The number of fused-ring (bicyclic) bond motifs is 5. The van der Waals surface area contributed by atoms with E-state index in [2.05, 4.69) is 119 Å². The van der Waals surface area contributed by atoms with Crippen LogP contribution in [0.25, 0.3) is 43.8 Å². The normalized spacial score (nSPS) is 21.0. The number of benzene rings is 5. The van der Waals surface area contributed by atoms with E-state index in [9.17, 15) is 4.79 Å². The van der Waals surface area contributed by atoms with Crippen LogP contribution in [0.1, 0.15) is 74.4 Å². The van der Waals surface area contributed by atoms with Crippen LogP contribution in [0.4, 0.5) is 0 Å². The molecule has 0 bridgehead atoms. The van der Waals surface area contributed by atoms with Gasteiger partial charge < -0.3 is 10.1 Å². The van der Waals surface area contributed by atoms with Gasteiger partial charge in [-0.3, -0.25) is 4.79 Å². The fourth-order valence-corrected chi connectivity index (χ4v) is 8.82. The minimum atomic E-state index is -0.699. The molecule has 5 aromatic rings. The van der Waals surface area contributed by atoms with Crippen molar-refractivity contribution in [1.29, 1.82) is 0 Å². The van der Waals surface area contributed by atoms with Gasteiger partial charge in [0.05, 0.1) is 12.6 Å². The van der Waals surface area contributed by atoms with Crippen LogP contribution in [0.3, 0.4) is 0 Å². The zero-order chi connectivity index (χ0) is 34.1. The summed E-state index contributed by atoms with van der Waals surface area (Å²) in [6, 6.07) is 31.8. The quantitative estimate of drug-likeness (QED) is 0.194. The Bertz CT molecular complexity index is 2230. The maximum atomic E-state index is 14.2. The number of morpholine rings is 1. The summed E-state index contributed by atoms with van der Waals surface area (Å²) in [5.74, 6) is -0.0831. The van der Waals surface area contributed by atoms with Gasteiger partial charge in [0.2, 0.25) is 0 Å². The van der Waals surface area contributed by atoms with Crippen LogP contribution < -0.4 is 5.32 Å². The summed E-state index contributed by atoms with van der Waals surface area (Å²) < 4.78 is 6.35. The molecule has 3 heteroatoms. The molecule has 2 atom stereocenters. The molecule has 0 saturated carbocycles. The largest absolute Gasteiger partial charge is 0.367 e. The predicted octanol–water partition coefficient (Wildman–Crippen LogP) is 10.7. The smallest absolute Gasteiger partial charge is 0.193 e. The Hall–Kier alpha value is -4.57. The van der Waals surface area contributed by atoms with Gasteiger partial charge in [0, 0.05) is 12.1 Å². The second-order valence-electron chi connectivity index (χ2n) is 15.6. The first kappa shape index (κ1) is 31.7. The molecule has 2 unspecified atom stereocenters. The van der Waals surface area contributed by atoms with Gasteiger partial charge in [0.15, 0.2) is 5.78 Å². The summed E-state index contributed by atoms with van der Waals surface area (Å²) in [4.78, 5) is 14.2. The van der Waals surface area contributed by atoms with Gasteiger partial charge in [-0.25, -0.2) is 0 Å². The van der Waals surface area contributed by atoms with Crippen molar-refractivity contribution in [2.75, 3.05) is 13.2 Å². The maximum Gasteiger partial charge on any atom is 0.193 e. The van der Waals surface area contributed by atoms with E-state index in [1.165, 1.54) is 38.6 Å². The number of nitrogens with one attached hydrogen (secondary N) is 1. The van der Waals surface area contributed by atoms with Gasteiger partial charge >= 0.3 is 0 Å². The van der Waals surface area contributed by atoms with Crippen LogP contribution >= 0.6 is 0 Å². The van der Waals surface area contributed by atoms with Crippen LogP contribution in [0.5, 0.6) is 0 Å². The van der Waals surface area contributed by atoms with Crippen molar-refractivity contribution >= 4 is 38.5 Å². The van der Waals surface area contributed by atoms with E-state index in [0.29, 0.717) is 18.7 Å². The summed E-state index contributed by atoms with van der Waals surface area (Å²) in [7, 11) is 0. The lowest BCUT2D eigenvalue weighted by Crippen LogP contribution is -2.46. The standard InChI is InChI=1S/C46H45NO2/c1-28-24-39-32(17-19-37-34-20-21-45(3,4)26-33(34)27-46(5,6)41(37)39)25-38(28)36-18-16-31-14-10-11-15-35(31)40(36)42-44(49-23-22-47-42)43(48)29(2)30-12-8-7-9-13-30/h7-21,24-25,42,44,47H,2,22-23,26-27H2,1,3-6H3. The molecule has 1 N–H and O–H groups in total. The number of rotatable bonds is 5. The third-order valence-corrected chi connectivity index (χ3v) is 11.1. The molecule has 0 amide bonds. The van der Waals surface area contributed by atoms with Crippen LogP contribution in [0.2, 0.25) is 0 Å². The number of ketones is 1. The van der Waals surface area contributed by atoms with E-state index < -0.39 is 6.10 Å². The van der Waals surface area contributed by atoms with Crippen molar-refractivity contribution in [1.82, 2.24) is 5.32 Å². The lowest BCUT2D eigenvalue weighted by Gasteiger charge is -2.40. The summed E-state index contributed by atoms with van der Waals surface area (Å²) in [5.41, 5.74) is 12.0. The number of carbonyl (C=O) groups excluding carboxylic acids is 1. The third kappa shape index (κ3) is 5.41. The molecule has 1 heterocycles. The molecule has 1 saturated heterocycles. The first-order valence-electron chi connectivity index (χ1n) is 17.7. The molecule has 0 spiro atoms. The highest BCUT2D eigenvalue weighted by molar-refractivity contribution is 6.22. The molecule has 49 heavy (non-hydrogen) atoms. The number of carbonyl (C=O) groups is 1. The monoisotopic (exact) mass is 643 g/mol. The van der Waals surface area contributed by atoms with Crippen molar-refractivity contribution in [3.05, 3.63) is 143 Å². The van der Waals surface area contributed by atoms with E-state index in [-0.39, 0.29) is 22.7 Å². The van der Waals surface area contributed by atoms with E-state index in [1.807, 2.05) is 30.3 Å².